The molecule has 3 nitrogen and oxygen atoms in total. The minimum Gasteiger partial charge on any atom is -0.387 e. The van der Waals surface area contributed by atoms with E-state index in [2.05, 4.69) is 50.8 Å². The first-order chi connectivity index (χ1) is 14.9. The molecule has 1 N–H and O–H groups in total. The molecule has 0 aliphatic rings. The third-order valence-corrected chi connectivity index (χ3v) is 6.12. The largest absolute Gasteiger partial charge is 0.387 e. The normalized spacial score (nSPS) is 12.6. The highest BCUT2D eigenvalue weighted by Gasteiger charge is 2.19. The monoisotopic (exact) mass is 438 g/mol. The molecule has 1 aromatic heterocycles. The molecule has 0 radical (unpaired) electrons. The number of aromatic nitrogens is 1. The highest BCUT2D eigenvalue weighted by atomic mass is 35.5. The minimum atomic E-state index is -0.563. The number of aliphatic hydroxyl groups is 1. The first-order valence-electron chi connectivity index (χ1n) is 11.5. The Hall–Kier alpha value is -1.94. The number of pyridine rings is 1. The maximum absolute atomic E-state index is 11.4. The van der Waals surface area contributed by atoms with Crippen LogP contribution in [0.5, 0.6) is 0 Å². The van der Waals surface area contributed by atoms with Crippen LogP contribution in [0.3, 0.4) is 0 Å². The third-order valence-electron chi connectivity index (χ3n) is 5.87. The fraction of sp³-hybridized carbons (Fsp3) is 0.444. The van der Waals surface area contributed by atoms with Crippen LogP contribution in [0.15, 0.2) is 42.5 Å². The maximum Gasteiger partial charge on any atom is 0.0924 e. The van der Waals surface area contributed by atoms with Gasteiger partial charge in [-0.25, -0.2) is 4.98 Å². The molecule has 3 aromatic rings. The van der Waals surface area contributed by atoms with Crippen molar-refractivity contribution < 1.29 is 5.11 Å². The van der Waals surface area contributed by atoms with Crippen molar-refractivity contribution in [2.75, 3.05) is 19.6 Å². The van der Waals surface area contributed by atoms with Crippen molar-refractivity contribution in [2.45, 2.75) is 59.5 Å². The molecule has 0 bridgehead atoms. The van der Waals surface area contributed by atoms with Gasteiger partial charge in [0.25, 0.3) is 0 Å². The van der Waals surface area contributed by atoms with Gasteiger partial charge in [-0.3, -0.25) is 0 Å². The number of halogens is 1. The average molecular weight is 439 g/mol. The quantitative estimate of drug-likeness (QED) is 0.366. The number of hydrogen-bond acceptors (Lipinski definition) is 3. The minimum absolute atomic E-state index is 0.563. The molecular weight excluding hydrogens is 404 g/mol. The number of unbranched alkanes of at least 4 members (excludes halogenated alkanes) is 2. The van der Waals surface area contributed by atoms with E-state index in [1.165, 1.54) is 5.56 Å². The highest BCUT2D eigenvalue weighted by molar-refractivity contribution is 6.30. The zero-order valence-electron chi connectivity index (χ0n) is 19.3. The number of aryl methyl sites for hydroxylation is 2. The molecule has 166 valence electrons. The summed E-state index contributed by atoms with van der Waals surface area (Å²) in [6.45, 7) is 11.3. The number of aliphatic hydroxyl groups excluding tert-OH is 1. The zero-order valence-corrected chi connectivity index (χ0v) is 20.0. The second-order valence-electron chi connectivity index (χ2n) is 8.61. The molecule has 2 aromatic carbocycles. The molecule has 0 fully saturated rings. The number of benzene rings is 2. The Labute approximate surface area is 192 Å². The molecule has 1 atom stereocenters. The summed E-state index contributed by atoms with van der Waals surface area (Å²) in [6, 6.07) is 14.1. The van der Waals surface area contributed by atoms with Gasteiger partial charge in [0.05, 0.1) is 17.3 Å². The van der Waals surface area contributed by atoms with Crippen LogP contribution in [0.4, 0.5) is 0 Å². The second-order valence-corrected chi connectivity index (χ2v) is 9.04. The van der Waals surface area contributed by atoms with Crippen molar-refractivity contribution in [3.8, 4) is 11.3 Å². The summed E-state index contributed by atoms with van der Waals surface area (Å²) in [5.74, 6) is 0. The molecule has 31 heavy (non-hydrogen) atoms. The smallest absolute Gasteiger partial charge is 0.0924 e. The van der Waals surface area contributed by atoms with Gasteiger partial charge in [0.2, 0.25) is 0 Å². The standard InChI is InChI=1S/C27H35ClN2O/c1-5-7-13-30(14-8-6-2)18-26(31)23-17-25(21-9-11-22(28)12-10-21)29-27-20(4)15-19(3)16-24(23)27/h9-12,15-17,26,31H,5-8,13-14,18H2,1-4H3/t26-/m1/s1. The van der Waals surface area contributed by atoms with Gasteiger partial charge in [0.15, 0.2) is 0 Å². The molecule has 0 saturated carbocycles. The summed E-state index contributed by atoms with van der Waals surface area (Å²) in [7, 11) is 0. The van der Waals surface area contributed by atoms with Gasteiger partial charge in [-0.2, -0.15) is 0 Å². The van der Waals surface area contributed by atoms with Crippen LogP contribution in [0.25, 0.3) is 22.2 Å². The Kier molecular flexibility index (Phi) is 8.48. The fourth-order valence-electron chi connectivity index (χ4n) is 4.15. The molecule has 0 aliphatic carbocycles. The highest BCUT2D eigenvalue weighted by Crippen LogP contribution is 2.32. The molecule has 1 heterocycles. The van der Waals surface area contributed by atoms with E-state index in [1.807, 2.05) is 24.3 Å². The molecule has 0 spiro atoms. The van der Waals surface area contributed by atoms with Gasteiger partial charge in [-0.1, -0.05) is 62.1 Å². The predicted octanol–water partition coefficient (Wildman–Crippen LogP) is 7.11. The third kappa shape index (κ3) is 6.06. The van der Waals surface area contributed by atoms with Crippen LogP contribution >= 0.6 is 11.6 Å². The number of hydrogen-bond donors (Lipinski definition) is 1. The zero-order chi connectivity index (χ0) is 22.4. The van der Waals surface area contributed by atoms with Crippen molar-refractivity contribution in [1.82, 2.24) is 9.88 Å². The summed E-state index contributed by atoms with van der Waals surface area (Å²) in [4.78, 5) is 7.38. The van der Waals surface area contributed by atoms with E-state index in [1.54, 1.807) is 0 Å². The lowest BCUT2D eigenvalue weighted by molar-refractivity contribution is 0.112. The van der Waals surface area contributed by atoms with Gasteiger partial charge in [-0.05, 0) is 75.2 Å². The van der Waals surface area contributed by atoms with Crippen molar-refractivity contribution in [2.24, 2.45) is 0 Å². The summed E-state index contributed by atoms with van der Waals surface area (Å²) < 4.78 is 0. The van der Waals surface area contributed by atoms with Crippen LogP contribution in [0, 0.1) is 13.8 Å². The second kappa shape index (κ2) is 11.1. The number of rotatable bonds is 10. The van der Waals surface area contributed by atoms with Crippen molar-refractivity contribution in [3.63, 3.8) is 0 Å². The summed E-state index contributed by atoms with van der Waals surface area (Å²) >= 11 is 6.09. The number of nitrogens with zero attached hydrogens (tertiary/aromatic N) is 2. The van der Waals surface area contributed by atoms with Crippen molar-refractivity contribution in [3.05, 3.63) is 64.2 Å². The van der Waals surface area contributed by atoms with E-state index in [-0.39, 0.29) is 0 Å². The van der Waals surface area contributed by atoms with Crippen LogP contribution < -0.4 is 0 Å². The average Bonchev–Trinajstić information content (AvgIpc) is 2.75. The van der Waals surface area contributed by atoms with Gasteiger partial charge in [0.1, 0.15) is 0 Å². The first kappa shape index (κ1) is 23.7. The molecule has 0 aliphatic heterocycles. The van der Waals surface area contributed by atoms with E-state index in [9.17, 15) is 5.11 Å². The van der Waals surface area contributed by atoms with Crippen LogP contribution in [-0.2, 0) is 0 Å². The van der Waals surface area contributed by atoms with E-state index >= 15 is 0 Å². The molecule has 0 saturated heterocycles. The maximum atomic E-state index is 11.4. The summed E-state index contributed by atoms with van der Waals surface area (Å²) in [6.07, 6.45) is 4.07. The fourth-order valence-corrected chi connectivity index (χ4v) is 4.28. The molecule has 3 rings (SSSR count). The Morgan fingerprint density at radius 3 is 2.23 bits per heavy atom. The van der Waals surface area contributed by atoms with E-state index in [4.69, 9.17) is 16.6 Å². The first-order valence-corrected chi connectivity index (χ1v) is 11.9. The lowest BCUT2D eigenvalue weighted by Gasteiger charge is -2.26. The van der Waals surface area contributed by atoms with E-state index in [0.717, 1.165) is 72.1 Å². The lowest BCUT2D eigenvalue weighted by atomic mass is 9.96. The Bertz CT molecular complexity index is 992. The predicted molar refractivity (Wildman–Crippen MR) is 133 cm³/mol. The van der Waals surface area contributed by atoms with E-state index in [0.29, 0.717) is 11.6 Å². The molecule has 0 unspecified atom stereocenters. The van der Waals surface area contributed by atoms with Crippen LogP contribution in [0.1, 0.15) is 62.3 Å². The van der Waals surface area contributed by atoms with E-state index < -0.39 is 6.10 Å². The topological polar surface area (TPSA) is 36.4 Å². The van der Waals surface area contributed by atoms with Gasteiger partial charge < -0.3 is 10.0 Å². The van der Waals surface area contributed by atoms with Crippen molar-refractivity contribution in [1.29, 1.82) is 0 Å². The lowest BCUT2D eigenvalue weighted by Crippen LogP contribution is -2.31. The molecular formula is C27H35ClN2O. The Morgan fingerprint density at radius 2 is 1.61 bits per heavy atom. The molecule has 4 heteroatoms. The van der Waals surface area contributed by atoms with Crippen LogP contribution in [0.2, 0.25) is 5.02 Å². The Balaban J connectivity index is 2.04. The number of fused-ring (bicyclic) bond motifs is 1. The van der Waals surface area contributed by atoms with Crippen LogP contribution in [-0.4, -0.2) is 34.6 Å². The van der Waals surface area contributed by atoms with Crippen molar-refractivity contribution >= 4 is 22.5 Å². The summed E-state index contributed by atoms with van der Waals surface area (Å²) in [5, 5.41) is 13.2. The molecule has 0 amide bonds. The van der Waals surface area contributed by atoms with Gasteiger partial charge in [-0.15, -0.1) is 0 Å². The van der Waals surface area contributed by atoms with Gasteiger partial charge in [0, 0.05) is 22.5 Å². The SMILES string of the molecule is CCCCN(CCCC)C[C@@H](O)c1cc(-c2ccc(Cl)cc2)nc2c(C)cc(C)cc12. The Morgan fingerprint density at radius 1 is 0.968 bits per heavy atom. The summed E-state index contributed by atoms with van der Waals surface area (Å²) in [5.41, 5.74) is 6.12. The van der Waals surface area contributed by atoms with Gasteiger partial charge >= 0.3 is 0 Å².